The van der Waals surface area contributed by atoms with Crippen LogP contribution >= 0.6 is 0 Å². The molecule has 10 heavy (non-hydrogen) atoms. The van der Waals surface area contributed by atoms with Crippen molar-refractivity contribution >= 4 is 0 Å². The average Bonchev–Trinajstić information content (AvgIpc) is 1.87. The van der Waals surface area contributed by atoms with Gasteiger partial charge < -0.3 is 16.3 Å². The van der Waals surface area contributed by atoms with Gasteiger partial charge in [-0.25, -0.2) is 0 Å². The maximum absolute atomic E-state index is 6.25. The summed E-state index contributed by atoms with van der Waals surface area (Å²) in [6.45, 7) is 8.28. The highest BCUT2D eigenvalue weighted by atomic mass is 15.3. The molecule has 0 amide bonds. The molecular weight excluding hydrogens is 124 g/mol. The van der Waals surface area contributed by atoms with Gasteiger partial charge in [0.25, 0.3) is 0 Å². The fourth-order valence-electron chi connectivity index (χ4n) is 0.632. The minimum absolute atomic E-state index is 1.10. The SMILES string of the molecule is CCCC[N+](C)(C)C.[C-]#N. The summed E-state index contributed by atoms with van der Waals surface area (Å²) < 4.78 is 1.10. The van der Waals surface area contributed by atoms with E-state index in [1.165, 1.54) is 19.4 Å². The van der Waals surface area contributed by atoms with Crippen molar-refractivity contribution in [1.29, 1.82) is 5.26 Å². The molecular formula is C8H18N2. The predicted octanol–water partition coefficient (Wildman–Crippen LogP) is 1.59. The number of rotatable bonds is 3. The highest BCUT2D eigenvalue weighted by Crippen LogP contribution is 1.94. The molecule has 60 valence electrons. The lowest BCUT2D eigenvalue weighted by atomic mass is 10.3. The molecule has 0 unspecified atom stereocenters. The van der Waals surface area contributed by atoms with E-state index in [-0.39, 0.29) is 0 Å². The average molecular weight is 142 g/mol. The van der Waals surface area contributed by atoms with Gasteiger partial charge in [-0.1, -0.05) is 13.3 Å². The molecule has 2 nitrogen and oxygen atoms in total. The zero-order valence-electron chi connectivity index (χ0n) is 7.52. The second kappa shape index (κ2) is 6.57. The Labute approximate surface area is 64.7 Å². The van der Waals surface area contributed by atoms with Crippen LogP contribution in [0.4, 0.5) is 0 Å². The Balaban J connectivity index is 0. The number of nitrogens with zero attached hydrogens (tertiary/aromatic N) is 2. The van der Waals surface area contributed by atoms with Gasteiger partial charge in [0.1, 0.15) is 0 Å². The predicted molar refractivity (Wildman–Crippen MR) is 42.8 cm³/mol. The van der Waals surface area contributed by atoms with Crippen LogP contribution in [0.5, 0.6) is 0 Å². The number of quaternary nitrogens is 1. The second-order valence-electron chi connectivity index (χ2n) is 3.37. The summed E-state index contributed by atoms with van der Waals surface area (Å²) in [5.74, 6) is 0. The highest BCUT2D eigenvalue weighted by molar-refractivity contribution is 4.29. The molecule has 0 aromatic heterocycles. The molecule has 2 heteroatoms. The summed E-state index contributed by atoms with van der Waals surface area (Å²) in [5.41, 5.74) is 0. The summed E-state index contributed by atoms with van der Waals surface area (Å²) in [6.07, 6.45) is 2.67. The van der Waals surface area contributed by atoms with E-state index in [4.69, 9.17) is 11.8 Å². The lowest BCUT2D eigenvalue weighted by molar-refractivity contribution is -0.870. The Morgan fingerprint density at radius 3 is 1.70 bits per heavy atom. The number of hydrogen-bond acceptors (Lipinski definition) is 1. The number of unbranched alkanes of at least 4 members (excludes halogenated alkanes) is 1. The van der Waals surface area contributed by atoms with Crippen LogP contribution in [-0.4, -0.2) is 32.2 Å². The zero-order valence-corrected chi connectivity index (χ0v) is 7.52. The topological polar surface area (TPSA) is 23.8 Å². The van der Waals surface area contributed by atoms with Crippen molar-refractivity contribution in [2.75, 3.05) is 27.7 Å². The van der Waals surface area contributed by atoms with Crippen molar-refractivity contribution in [3.05, 3.63) is 6.57 Å². The van der Waals surface area contributed by atoms with Crippen LogP contribution in [0.15, 0.2) is 0 Å². The summed E-state index contributed by atoms with van der Waals surface area (Å²) in [7, 11) is 6.70. The summed E-state index contributed by atoms with van der Waals surface area (Å²) in [6, 6.07) is 0. The zero-order chi connectivity index (χ0) is 8.62. The smallest absolute Gasteiger partial charge is 0.0780 e. The first-order chi connectivity index (χ1) is 4.56. The van der Waals surface area contributed by atoms with Crippen LogP contribution in [0.25, 0.3) is 0 Å². The monoisotopic (exact) mass is 142 g/mol. The first-order valence-corrected chi connectivity index (χ1v) is 3.59. The van der Waals surface area contributed by atoms with Crippen LogP contribution < -0.4 is 0 Å². The molecule has 0 aliphatic rings. The van der Waals surface area contributed by atoms with Crippen LogP contribution in [-0.2, 0) is 0 Å². The third-order valence-electron chi connectivity index (χ3n) is 1.18. The molecule has 0 aliphatic heterocycles. The maximum atomic E-state index is 6.25. The van der Waals surface area contributed by atoms with Crippen molar-refractivity contribution in [3.8, 4) is 0 Å². The molecule has 0 spiro atoms. The first-order valence-electron chi connectivity index (χ1n) is 3.59. The van der Waals surface area contributed by atoms with E-state index in [0.29, 0.717) is 0 Å². The van der Waals surface area contributed by atoms with Gasteiger partial charge in [-0.15, -0.1) is 0 Å². The Morgan fingerprint density at radius 1 is 1.20 bits per heavy atom. The first kappa shape index (κ1) is 12.2. The summed E-state index contributed by atoms with van der Waals surface area (Å²) >= 11 is 0. The van der Waals surface area contributed by atoms with E-state index in [1.54, 1.807) is 0 Å². The van der Waals surface area contributed by atoms with E-state index < -0.39 is 0 Å². The minimum atomic E-state index is 1.10. The number of hydrogen-bond donors (Lipinski definition) is 0. The lowest BCUT2D eigenvalue weighted by Gasteiger charge is -2.23. The molecule has 0 N–H and O–H groups in total. The Hall–Kier alpha value is -0.550. The van der Waals surface area contributed by atoms with Gasteiger partial charge in [-0.05, 0) is 6.42 Å². The Morgan fingerprint density at radius 2 is 1.60 bits per heavy atom. The molecule has 0 bridgehead atoms. The molecule has 0 heterocycles. The van der Waals surface area contributed by atoms with Crippen LogP contribution in [0.1, 0.15) is 19.8 Å². The van der Waals surface area contributed by atoms with E-state index in [9.17, 15) is 0 Å². The largest absolute Gasteiger partial charge is 0.512 e. The van der Waals surface area contributed by atoms with Crippen LogP contribution in [0.2, 0.25) is 0 Å². The molecule has 0 rings (SSSR count). The Kier molecular flexibility index (Phi) is 7.99. The van der Waals surface area contributed by atoms with Gasteiger partial charge in [0.05, 0.1) is 27.7 Å². The molecule has 0 saturated heterocycles. The molecule has 0 aromatic rings. The normalized spacial score (nSPS) is 9.80. The van der Waals surface area contributed by atoms with Gasteiger partial charge in [-0.2, -0.15) is 0 Å². The molecule has 0 fully saturated rings. The van der Waals surface area contributed by atoms with E-state index in [0.717, 1.165) is 4.48 Å². The van der Waals surface area contributed by atoms with Gasteiger partial charge in [0.2, 0.25) is 0 Å². The van der Waals surface area contributed by atoms with E-state index in [2.05, 4.69) is 28.1 Å². The van der Waals surface area contributed by atoms with Gasteiger partial charge in [-0.3, -0.25) is 0 Å². The van der Waals surface area contributed by atoms with Crippen molar-refractivity contribution in [1.82, 2.24) is 0 Å². The van der Waals surface area contributed by atoms with E-state index in [1.807, 2.05) is 0 Å². The molecule has 0 aromatic carbocycles. The lowest BCUT2D eigenvalue weighted by Crippen LogP contribution is -2.35. The minimum Gasteiger partial charge on any atom is -0.512 e. The fourth-order valence-corrected chi connectivity index (χ4v) is 0.632. The van der Waals surface area contributed by atoms with Crippen molar-refractivity contribution < 1.29 is 4.48 Å². The molecule has 0 aliphatic carbocycles. The summed E-state index contributed by atoms with van der Waals surface area (Å²) in [5, 5.41) is 6.25. The third kappa shape index (κ3) is 15.7. The quantitative estimate of drug-likeness (QED) is 0.433. The van der Waals surface area contributed by atoms with Gasteiger partial charge >= 0.3 is 0 Å². The Bertz CT molecular complexity index is 79.0. The molecule has 0 atom stereocenters. The standard InChI is InChI=1S/C7H18N.CN/c1-5-6-7-8(2,3)4;1-2/h5-7H2,1-4H3;/q+1;-1. The van der Waals surface area contributed by atoms with Gasteiger partial charge in [0.15, 0.2) is 0 Å². The molecule has 0 radical (unpaired) electrons. The second-order valence-corrected chi connectivity index (χ2v) is 3.37. The van der Waals surface area contributed by atoms with Crippen LogP contribution in [0.3, 0.4) is 0 Å². The highest BCUT2D eigenvalue weighted by Gasteiger charge is 2.02. The fraction of sp³-hybridized carbons (Fsp3) is 0.875. The van der Waals surface area contributed by atoms with E-state index >= 15 is 0 Å². The van der Waals surface area contributed by atoms with Crippen LogP contribution in [0, 0.1) is 11.8 Å². The molecule has 0 saturated carbocycles. The van der Waals surface area contributed by atoms with Gasteiger partial charge in [0, 0.05) is 0 Å². The third-order valence-corrected chi connectivity index (χ3v) is 1.18. The van der Waals surface area contributed by atoms with Crippen molar-refractivity contribution in [2.24, 2.45) is 0 Å². The van der Waals surface area contributed by atoms with Crippen molar-refractivity contribution in [3.63, 3.8) is 0 Å². The maximum Gasteiger partial charge on any atom is 0.0780 e. The summed E-state index contributed by atoms with van der Waals surface area (Å²) in [4.78, 5) is 0. The van der Waals surface area contributed by atoms with Crippen molar-refractivity contribution in [2.45, 2.75) is 19.8 Å².